The highest BCUT2D eigenvalue weighted by atomic mass is 16.5. The number of rotatable bonds is 6. The maximum absolute atomic E-state index is 9.17. The van der Waals surface area contributed by atoms with Gasteiger partial charge < -0.3 is 19.7 Å². The Morgan fingerprint density at radius 2 is 2.12 bits per heavy atom. The average molecular weight is 237 g/mol. The molecule has 0 radical (unpaired) electrons. The van der Waals surface area contributed by atoms with Crippen LogP contribution in [0.3, 0.4) is 0 Å². The van der Waals surface area contributed by atoms with E-state index in [1.807, 2.05) is 13.0 Å². The summed E-state index contributed by atoms with van der Waals surface area (Å²) in [5, 5.41) is 26.6. The monoisotopic (exact) mass is 237 g/mol. The Labute approximate surface area is 99.8 Å². The lowest BCUT2D eigenvalue weighted by Crippen LogP contribution is -2.21. The summed E-state index contributed by atoms with van der Waals surface area (Å²) in [4.78, 5) is 0. The first-order valence-corrected chi connectivity index (χ1v) is 5.30. The first-order valence-electron chi connectivity index (χ1n) is 5.30. The van der Waals surface area contributed by atoms with E-state index in [1.54, 1.807) is 18.2 Å². The van der Waals surface area contributed by atoms with Crippen molar-refractivity contribution in [1.82, 2.24) is 0 Å². The maximum Gasteiger partial charge on any atom is 0.162 e. The van der Waals surface area contributed by atoms with E-state index < -0.39 is 6.10 Å². The van der Waals surface area contributed by atoms with Crippen molar-refractivity contribution in [2.75, 3.05) is 19.8 Å². The van der Waals surface area contributed by atoms with Gasteiger partial charge in [-0.15, -0.1) is 0 Å². The lowest BCUT2D eigenvalue weighted by molar-refractivity contribution is 0.0525. The highest BCUT2D eigenvalue weighted by molar-refractivity contribution is 5.46. The first-order chi connectivity index (χ1) is 8.21. The molecule has 0 amide bonds. The molecular formula is C12H15NO4. The van der Waals surface area contributed by atoms with Gasteiger partial charge >= 0.3 is 0 Å². The number of nitriles is 1. The molecule has 17 heavy (non-hydrogen) atoms. The third kappa shape index (κ3) is 3.94. The second-order valence-corrected chi connectivity index (χ2v) is 3.35. The van der Waals surface area contributed by atoms with E-state index in [4.69, 9.17) is 19.8 Å². The SMILES string of the molecule is CCOc1cc(C#N)ccc1OCC(O)CO. The summed E-state index contributed by atoms with van der Waals surface area (Å²) in [5.41, 5.74) is 0.475. The fourth-order valence-corrected chi connectivity index (χ4v) is 1.20. The first kappa shape index (κ1) is 13.3. The Hall–Kier alpha value is -1.77. The highest BCUT2D eigenvalue weighted by Gasteiger charge is 2.09. The van der Waals surface area contributed by atoms with Crippen LogP contribution in [0.2, 0.25) is 0 Å². The van der Waals surface area contributed by atoms with Crippen LogP contribution in [-0.2, 0) is 0 Å². The second kappa shape index (κ2) is 6.74. The Balaban J connectivity index is 2.79. The molecule has 0 aliphatic heterocycles. The van der Waals surface area contributed by atoms with Crippen LogP contribution in [0.25, 0.3) is 0 Å². The molecule has 0 spiro atoms. The molecule has 0 aromatic heterocycles. The van der Waals surface area contributed by atoms with Gasteiger partial charge in [-0.1, -0.05) is 0 Å². The summed E-state index contributed by atoms with van der Waals surface area (Å²) in [7, 11) is 0. The minimum absolute atomic E-state index is 0.0253. The van der Waals surface area contributed by atoms with Crippen molar-refractivity contribution in [2.45, 2.75) is 13.0 Å². The molecule has 0 saturated carbocycles. The predicted octanol–water partition coefficient (Wildman–Crippen LogP) is 0.689. The summed E-state index contributed by atoms with van der Waals surface area (Å²) >= 11 is 0. The summed E-state index contributed by atoms with van der Waals surface area (Å²) in [6.07, 6.45) is -0.930. The average Bonchev–Trinajstić information content (AvgIpc) is 2.37. The fourth-order valence-electron chi connectivity index (χ4n) is 1.20. The van der Waals surface area contributed by atoms with E-state index in [9.17, 15) is 5.11 Å². The van der Waals surface area contributed by atoms with Gasteiger partial charge in [-0.25, -0.2) is 0 Å². The lowest BCUT2D eigenvalue weighted by atomic mass is 10.2. The van der Waals surface area contributed by atoms with Gasteiger partial charge in [0.15, 0.2) is 11.5 Å². The number of nitrogens with zero attached hydrogens (tertiary/aromatic N) is 1. The van der Waals surface area contributed by atoms with Crippen molar-refractivity contribution in [2.24, 2.45) is 0 Å². The summed E-state index contributed by atoms with van der Waals surface area (Å²) in [5.74, 6) is 0.898. The highest BCUT2D eigenvalue weighted by Crippen LogP contribution is 2.28. The van der Waals surface area contributed by atoms with Gasteiger partial charge in [0.25, 0.3) is 0 Å². The number of aliphatic hydroxyl groups is 2. The molecule has 2 N–H and O–H groups in total. The molecule has 0 bridgehead atoms. The molecule has 92 valence electrons. The molecule has 5 heteroatoms. The van der Waals surface area contributed by atoms with Gasteiger partial charge in [0.1, 0.15) is 12.7 Å². The Kier molecular flexibility index (Phi) is 5.27. The maximum atomic E-state index is 9.17. The third-order valence-corrected chi connectivity index (χ3v) is 2.01. The van der Waals surface area contributed by atoms with Crippen molar-refractivity contribution in [1.29, 1.82) is 5.26 Å². The van der Waals surface area contributed by atoms with Crippen LogP contribution in [0, 0.1) is 11.3 Å². The molecule has 0 saturated heterocycles. The van der Waals surface area contributed by atoms with Crippen LogP contribution in [-0.4, -0.2) is 36.1 Å². The summed E-state index contributed by atoms with van der Waals surface area (Å²) in [6, 6.07) is 6.78. The van der Waals surface area contributed by atoms with Gasteiger partial charge in [-0.05, 0) is 19.1 Å². The van der Waals surface area contributed by atoms with E-state index in [-0.39, 0.29) is 13.2 Å². The van der Waals surface area contributed by atoms with Crippen LogP contribution >= 0.6 is 0 Å². The van der Waals surface area contributed by atoms with Gasteiger partial charge in [0, 0.05) is 6.07 Å². The van der Waals surface area contributed by atoms with Crippen LogP contribution in [0.5, 0.6) is 11.5 Å². The number of hydrogen-bond acceptors (Lipinski definition) is 5. The van der Waals surface area contributed by atoms with Crippen molar-refractivity contribution < 1.29 is 19.7 Å². The predicted molar refractivity (Wildman–Crippen MR) is 60.9 cm³/mol. The third-order valence-electron chi connectivity index (χ3n) is 2.01. The molecule has 1 aromatic rings. The van der Waals surface area contributed by atoms with E-state index in [0.717, 1.165) is 0 Å². The Bertz CT molecular complexity index is 400. The van der Waals surface area contributed by atoms with Gasteiger partial charge in [0.2, 0.25) is 0 Å². The second-order valence-electron chi connectivity index (χ2n) is 3.35. The van der Waals surface area contributed by atoms with E-state index in [0.29, 0.717) is 23.7 Å². The minimum atomic E-state index is -0.930. The Morgan fingerprint density at radius 3 is 2.71 bits per heavy atom. The van der Waals surface area contributed by atoms with Crippen LogP contribution in [0.4, 0.5) is 0 Å². The summed E-state index contributed by atoms with van der Waals surface area (Å²) < 4.78 is 10.6. The van der Waals surface area contributed by atoms with Gasteiger partial charge in [-0.2, -0.15) is 5.26 Å². The molecule has 1 rings (SSSR count). The quantitative estimate of drug-likeness (QED) is 0.760. The van der Waals surface area contributed by atoms with Crippen molar-refractivity contribution in [3.8, 4) is 17.6 Å². The van der Waals surface area contributed by atoms with Crippen LogP contribution in [0.15, 0.2) is 18.2 Å². The molecule has 1 unspecified atom stereocenters. The van der Waals surface area contributed by atoms with Crippen LogP contribution < -0.4 is 9.47 Å². The van der Waals surface area contributed by atoms with E-state index in [2.05, 4.69) is 0 Å². The number of benzene rings is 1. The molecule has 0 aliphatic rings. The minimum Gasteiger partial charge on any atom is -0.490 e. The molecule has 1 aromatic carbocycles. The Morgan fingerprint density at radius 1 is 1.35 bits per heavy atom. The zero-order valence-electron chi connectivity index (χ0n) is 9.59. The molecule has 0 heterocycles. The van der Waals surface area contributed by atoms with Crippen molar-refractivity contribution >= 4 is 0 Å². The molecule has 0 aliphatic carbocycles. The van der Waals surface area contributed by atoms with Crippen molar-refractivity contribution in [3.05, 3.63) is 23.8 Å². The molecule has 0 fully saturated rings. The lowest BCUT2D eigenvalue weighted by Gasteiger charge is -2.13. The number of ether oxygens (including phenoxy) is 2. The largest absolute Gasteiger partial charge is 0.490 e. The van der Waals surface area contributed by atoms with E-state index >= 15 is 0 Å². The molecule has 5 nitrogen and oxygen atoms in total. The van der Waals surface area contributed by atoms with Crippen molar-refractivity contribution in [3.63, 3.8) is 0 Å². The van der Waals surface area contributed by atoms with E-state index in [1.165, 1.54) is 0 Å². The fraction of sp³-hybridized carbons (Fsp3) is 0.417. The number of hydrogen-bond donors (Lipinski definition) is 2. The smallest absolute Gasteiger partial charge is 0.162 e. The zero-order valence-corrected chi connectivity index (χ0v) is 9.59. The van der Waals surface area contributed by atoms with Gasteiger partial charge in [-0.3, -0.25) is 0 Å². The van der Waals surface area contributed by atoms with Gasteiger partial charge in [0.05, 0.1) is 24.8 Å². The normalized spacial score (nSPS) is 11.6. The number of aliphatic hydroxyl groups excluding tert-OH is 2. The molecule has 1 atom stereocenters. The summed E-state index contributed by atoms with van der Waals surface area (Å²) in [6.45, 7) is 1.89. The standard InChI is InChI=1S/C12H15NO4/c1-2-16-12-5-9(6-13)3-4-11(12)17-8-10(15)7-14/h3-5,10,14-15H,2,7-8H2,1H3. The topological polar surface area (TPSA) is 82.7 Å². The molecular weight excluding hydrogens is 222 g/mol. The zero-order chi connectivity index (χ0) is 12.7. The van der Waals surface area contributed by atoms with Crippen LogP contribution in [0.1, 0.15) is 12.5 Å².